The van der Waals surface area contributed by atoms with Crippen LogP contribution in [-0.2, 0) is 19.2 Å². The summed E-state index contributed by atoms with van der Waals surface area (Å²) >= 11 is 12.0. The van der Waals surface area contributed by atoms with Crippen LogP contribution in [0.25, 0.3) is 0 Å². The minimum absolute atomic E-state index is 0.159. The number of carboxylic acids is 1. The molecule has 0 fully saturated rings. The van der Waals surface area contributed by atoms with E-state index < -0.39 is 29.8 Å². The molecule has 0 saturated heterocycles. The Labute approximate surface area is 186 Å². The number of benzene rings is 2. The summed E-state index contributed by atoms with van der Waals surface area (Å²) in [5.74, 6) is -2.38. The first kappa shape index (κ1) is 22.4. The number of anilines is 1. The second kappa shape index (κ2) is 9.23. The lowest BCUT2D eigenvalue weighted by Gasteiger charge is -2.24. The minimum atomic E-state index is -1.82. The summed E-state index contributed by atoms with van der Waals surface area (Å²) in [7, 11) is 0. The largest absolute Gasteiger partial charge is 0.483 e. The molecule has 0 radical (unpaired) electrons. The van der Waals surface area contributed by atoms with Crippen molar-refractivity contribution in [1.29, 1.82) is 0 Å². The fourth-order valence-corrected chi connectivity index (χ4v) is 3.43. The number of carboxylic acid groups (broad SMARTS) is 1. The Balaban J connectivity index is 1.86. The third-order valence-corrected chi connectivity index (χ3v) is 4.93. The third-order valence-electron chi connectivity index (χ3n) is 4.38. The topological polar surface area (TPSA) is 140 Å². The molecule has 162 valence electrons. The maximum Gasteiger partial charge on any atom is 0.308 e. The van der Waals surface area contributed by atoms with Gasteiger partial charge in [-0.25, -0.2) is 0 Å². The summed E-state index contributed by atoms with van der Waals surface area (Å²) in [6.07, 6.45) is -0.811. The van der Waals surface area contributed by atoms with Crippen LogP contribution in [0.5, 0.6) is 5.75 Å². The van der Waals surface area contributed by atoms with Crippen molar-refractivity contribution >= 4 is 52.4 Å². The first-order valence-corrected chi connectivity index (χ1v) is 9.69. The highest BCUT2D eigenvalue weighted by Crippen LogP contribution is 2.35. The van der Waals surface area contributed by atoms with Crippen LogP contribution >= 0.6 is 23.2 Å². The smallest absolute Gasteiger partial charge is 0.308 e. The van der Waals surface area contributed by atoms with Crippen molar-refractivity contribution in [3.8, 4) is 5.75 Å². The van der Waals surface area contributed by atoms with Crippen LogP contribution in [0.2, 0.25) is 10.0 Å². The van der Waals surface area contributed by atoms with Crippen molar-refractivity contribution < 1.29 is 29.1 Å². The number of hydrogen-bond donors (Lipinski definition) is 3. The second-order valence-corrected chi connectivity index (χ2v) is 7.54. The second-order valence-electron chi connectivity index (χ2n) is 6.70. The lowest BCUT2D eigenvalue weighted by molar-refractivity contribution is -0.152. The van der Waals surface area contributed by atoms with Crippen molar-refractivity contribution in [3.05, 3.63) is 58.1 Å². The van der Waals surface area contributed by atoms with E-state index in [4.69, 9.17) is 38.5 Å². The SMILES string of the molecule is NC(=O)COc1ccccc1C1=NO[C@@](CC(=O)O)(C(=O)Nc2ccc(Cl)cc2Cl)C1. The van der Waals surface area contributed by atoms with Crippen LogP contribution in [0.4, 0.5) is 5.69 Å². The van der Waals surface area contributed by atoms with Gasteiger partial charge in [0.25, 0.3) is 11.8 Å². The van der Waals surface area contributed by atoms with E-state index in [1.165, 1.54) is 18.2 Å². The molecule has 0 saturated carbocycles. The Kier molecular flexibility index (Phi) is 6.67. The lowest BCUT2D eigenvalue weighted by atomic mass is 9.89. The summed E-state index contributed by atoms with van der Waals surface area (Å²) in [5.41, 5.74) is 4.26. The molecule has 0 aliphatic carbocycles. The Morgan fingerprint density at radius 3 is 2.65 bits per heavy atom. The van der Waals surface area contributed by atoms with E-state index in [0.717, 1.165) is 0 Å². The minimum Gasteiger partial charge on any atom is -0.483 e. The van der Waals surface area contributed by atoms with Gasteiger partial charge in [-0.05, 0) is 30.3 Å². The van der Waals surface area contributed by atoms with Crippen LogP contribution in [0.15, 0.2) is 47.6 Å². The number of rotatable bonds is 8. The molecule has 0 bridgehead atoms. The van der Waals surface area contributed by atoms with E-state index >= 15 is 0 Å². The number of nitrogens with zero attached hydrogens (tertiary/aromatic N) is 1. The summed E-state index contributed by atoms with van der Waals surface area (Å²) in [5, 5.41) is 16.4. The first-order chi connectivity index (χ1) is 14.7. The van der Waals surface area contributed by atoms with E-state index in [2.05, 4.69) is 10.5 Å². The normalized spacial score (nSPS) is 17.4. The van der Waals surface area contributed by atoms with Crippen LogP contribution < -0.4 is 15.8 Å². The Bertz CT molecular complexity index is 1070. The van der Waals surface area contributed by atoms with Gasteiger partial charge in [-0.1, -0.05) is 40.5 Å². The van der Waals surface area contributed by atoms with Crippen molar-refractivity contribution in [2.75, 3.05) is 11.9 Å². The highest BCUT2D eigenvalue weighted by molar-refractivity contribution is 6.36. The Hall–Kier alpha value is -3.30. The summed E-state index contributed by atoms with van der Waals surface area (Å²) in [6.45, 7) is -0.360. The van der Waals surface area contributed by atoms with Crippen LogP contribution in [0, 0.1) is 0 Å². The zero-order valence-corrected chi connectivity index (χ0v) is 17.4. The van der Waals surface area contributed by atoms with E-state index in [1.807, 2.05) is 0 Å². The summed E-state index contributed by atoms with van der Waals surface area (Å²) < 4.78 is 5.39. The molecule has 3 rings (SSSR count). The van der Waals surface area contributed by atoms with E-state index in [0.29, 0.717) is 10.6 Å². The Morgan fingerprint density at radius 1 is 1.23 bits per heavy atom. The van der Waals surface area contributed by atoms with Crippen molar-refractivity contribution in [2.45, 2.75) is 18.4 Å². The number of halogens is 2. The predicted molar refractivity (Wildman–Crippen MR) is 113 cm³/mol. The quantitative estimate of drug-likeness (QED) is 0.547. The molecule has 2 amide bonds. The van der Waals surface area contributed by atoms with Gasteiger partial charge in [0.1, 0.15) is 5.75 Å². The molecule has 1 aliphatic rings. The van der Waals surface area contributed by atoms with Gasteiger partial charge in [0, 0.05) is 17.0 Å². The van der Waals surface area contributed by atoms with Gasteiger partial charge >= 0.3 is 5.97 Å². The van der Waals surface area contributed by atoms with Crippen LogP contribution in [-0.4, -0.2) is 40.8 Å². The number of carbonyl (C=O) groups excluding carboxylic acids is 2. The van der Waals surface area contributed by atoms with E-state index in [-0.39, 0.29) is 35.2 Å². The van der Waals surface area contributed by atoms with E-state index in [9.17, 15) is 19.5 Å². The number of carbonyl (C=O) groups is 3. The summed E-state index contributed by atoms with van der Waals surface area (Å²) in [4.78, 5) is 40.9. The molecule has 1 heterocycles. The monoisotopic (exact) mass is 465 g/mol. The zero-order valence-electron chi connectivity index (χ0n) is 15.9. The van der Waals surface area contributed by atoms with Crippen LogP contribution in [0.3, 0.4) is 0 Å². The molecule has 4 N–H and O–H groups in total. The molecule has 1 atom stereocenters. The van der Waals surface area contributed by atoms with E-state index in [1.54, 1.807) is 24.3 Å². The number of ether oxygens (including phenoxy) is 1. The molecular weight excluding hydrogens is 449 g/mol. The first-order valence-electron chi connectivity index (χ1n) is 8.94. The standard InChI is InChI=1S/C20H17Cl2N3O6/c21-11-5-6-14(13(22)7-11)24-19(29)20(9-18(27)28)8-15(25-31-20)12-3-1-2-4-16(12)30-10-17(23)26/h1-7H,8-10H2,(H2,23,26)(H,24,29)(H,27,28)/t20-/m0/s1. The number of nitrogens with two attached hydrogens (primary N) is 1. The van der Waals surface area contributed by atoms with Gasteiger partial charge in [-0.3, -0.25) is 14.4 Å². The molecule has 2 aromatic carbocycles. The molecule has 2 aromatic rings. The Morgan fingerprint density at radius 2 is 1.97 bits per heavy atom. The van der Waals surface area contributed by atoms with Gasteiger partial charge < -0.3 is 25.7 Å². The molecule has 1 aliphatic heterocycles. The maximum atomic E-state index is 13.0. The molecule has 11 heteroatoms. The molecule has 31 heavy (non-hydrogen) atoms. The third kappa shape index (κ3) is 5.25. The van der Waals surface area contributed by atoms with Gasteiger partial charge in [0.15, 0.2) is 6.61 Å². The highest BCUT2D eigenvalue weighted by Gasteiger charge is 2.49. The highest BCUT2D eigenvalue weighted by atomic mass is 35.5. The van der Waals surface area contributed by atoms with Gasteiger partial charge in [-0.15, -0.1) is 0 Å². The average Bonchev–Trinajstić information content (AvgIpc) is 3.13. The number of oxime groups is 1. The maximum absolute atomic E-state index is 13.0. The number of para-hydroxylation sites is 1. The molecule has 0 spiro atoms. The number of primary amides is 1. The number of nitrogens with one attached hydrogen (secondary N) is 1. The summed E-state index contributed by atoms with van der Waals surface area (Å²) in [6, 6.07) is 11.0. The predicted octanol–water partition coefficient (Wildman–Crippen LogP) is 2.83. The van der Waals surface area contributed by atoms with Gasteiger partial charge in [0.05, 0.1) is 22.8 Å². The van der Waals surface area contributed by atoms with Crippen molar-refractivity contribution in [2.24, 2.45) is 10.9 Å². The average molecular weight is 466 g/mol. The number of aliphatic carboxylic acids is 1. The fraction of sp³-hybridized carbons (Fsp3) is 0.200. The molecule has 0 unspecified atom stereocenters. The zero-order chi connectivity index (χ0) is 22.6. The van der Waals surface area contributed by atoms with Crippen LogP contribution in [0.1, 0.15) is 18.4 Å². The lowest BCUT2D eigenvalue weighted by Crippen LogP contribution is -2.45. The van der Waals surface area contributed by atoms with Crippen molar-refractivity contribution in [1.82, 2.24) is 0 Å². The van der Waals surface area contributed by atoms with Gasteiger partial charge in [0.2, 0.25) is 5.60 Å². The number of amides is 2. The molecular formula is C20H17Cl2N3O6. The van der Waals surface area contributed by atoms with Gasteiger partial charge in [-0.2, -0.15) is 0 Å². The molecule has 0 aromatic heterocycles. The number of hydrogen-bond acceptors (Lipinski definition) is 6. The molecule has 9 nitrogen and oxygen atoms in total. The fourth-order valence-electron chi connectivity index (χ4n) is 2.97. The van der Waals surface area contributed by atoms with Crippen molar-refractivity contribution in [3.63, 3.8) is 0 Å².